The lowest BCUT2D eigenvalue weighted by Gasteiger charge is -2.26. The number of nitrogens with one attached hydrogen (secondary N) is 1. The number of hydrogen-bond donors (Lipinski definition) is 1. The van der Waals surface area contributed by atoms with Gasteiger partial charge in [0.25, 0.3) is 15.9 Å². The number of hydrogen-bond acceptors (Lipinski definition) is 7. The molecule has 0 saturated carbocycles. The van der Waals surface area contributed by atoms with Gasteiger partial charge in [-0.15, -0.1) is 0 Å². The Hall–Kier alpha value is -2.23. The number of morpholine rings is 1. The van der Waals surface area contributed by atoms with Crippen molar-refractivity contribution in [2.24, 2.45) is 0 Å². The second kappa shape index (κ2) is 8.43. The highest BCUT2D eigenvalue weighted by molar-refractivity contribution is 7.92. The van der Waals surface area contributed by atoms with E-state index in [4.69, 9.17) is 9.47 Å². The topological polar surface area (TPSA) is 93.7 Å². The molecule has 0 radical (unpaired) electrons. The van der Waals surface area contributed by atoms with Crippen molar-refractivity contribution < 1.29 is 17.9 Å². The standard InChI is InChI=1S/C17H22N4O4S/c1-14-2-4-15(5-3-14)26(22,23)20-16-17(19-7-6-18-16)25-13-10-21-8-11-24-12-9-21/h2-7H,8-13H2,1H3,(H,18,20). The molecule has 9 heteroatoms. The summed E-state index contributed by atoms with van der Waals surface area (Å²) >= 11 is 0. The van der Waals surface area contributed by atoms with Gasteiger partial charge in [-0.25, -0.2) is 18.4 Å². The van der Waals surface area contributed by atoms with Gasteiger partial charge in [0.15, 0.2) is 0 Å². The van der Waals surface area contributed by atoms with Gasteiger partial charge in [0, 0.05) is 32.0 Å². The number of aromatic nitrogens is 2. The van der Waals surface area contributed by atoms with E-state index in [1.165, 1.54) is 12.4 Å². The minimum atomic E-state index is -3.76. The molecule has 8 nitrogen and oxygen atoms in total. The molecule has 0 aliphatic carbocycles. The van der Waals surface area contributed by atoms with Gasteiger partial charge >= 0.3 is 0 Å². The quantitative estimate of drug-likeness (QED) is 0.776. The number of sulfonamides is 1. The van der Waals surface area contributed by atoms with Crippen molar-refractivity contribution in [3.05, 3.63) is 42.2 Å². The Balaban J connectivity index is 1.65. The Morgan fingerprint density at radius 3 is 2.58 bits per heavy atom. The van der Waals surface area contributed by atoms with Gasteiger partial charge in [0.05, 0.1) is 18.1 Å². The van der Waals surface area contributed by atoms with Gasteiger partial charge in [-0.05, 0) is 19.1 Å². The Kier molecular flexibility index (Phi) is 6.02. The van der Waals surface area contributed by atoms with Crippen LogP contribution in [0, 0.1) is 6.92 Å². The first-order valence-corrected chi connectivity index (χ1v) is 9.86. The fraction of sp³-hybridized carbons (Fsp3) is 0.412. The second-order valence-corrected chi connectivity index (χ2v) is 7.61. The fourth-order valence-corrected chi connectivity index (χ4v) is 3.51. The van der Waals surface area contributed by atoms with Crippen LogP contribution in [-0.2, 0) is 14.8 Å². The maximum absolute atomic E-state index is 12.5. The first kappa shape index (κ1) is 18.6. The maximum Gasteiger partial charge on any atom is 0.263 e. The number of aryl methyl sites for hydroxylation is 1. The molecule has 0 bridgehead atoms. The van der Waals surface area contributed by atoms with Crippen molar-refractivity contribution in [3.8, 4) is 5.88 Å². The molecule has 1 aromatic carbocycles. The van der Waals surface area contributed by atoms with Crippen LogP contribution in [0.2, 0.25) is 0 Å². The number of nitrogens with zero attached hydrogens (tertiary/aromatic N) is 3. The number of ether oxygens (including phenoxy) is 2. The van der Waals surface area contributed by atoms with Crippen LogP contribution in [0.1, 0.15) is 5.56 Å². The summed E-state index contributed by atoms with van der Waals surface area (Å²) in [5, 5.41) is 0. The average molecular weight is 378 g/mol. The number of rotatable bonds is 7. The second-order valence-electron chi connectivity index (χ2n) is 5.93. The molecule has 1 fully saturated rings. The molecule has 0 amide bonds. The van der Waals surface area contributed by atoms with Gasteiger partial charge in [-0.3, -0.25) is 9.62 Å². The van der Waals surface area contributed by atoms with Gasteiger partial charge in [0.2, 0.25) is 5.82 Å². The van der Waals surface area contributed by atoms with Crippen molar-refractivity contribution in [3.63, 3.8) is 0 Å². The third-order valence-electron chi connectivity index (χ3n) is 3.98. The van der Waals surface area contributed by atoms with Gasteiger partial charge < -0.3 is 9.47 Å². The Morgan fingerprint density at radius 2 is 1.85 bits per heavy atom. The molecule has 0 spiro atoms. The molecule has 3 rings (SSSR count). The van der Waals surface area contributed by atoms with Gasteiger partial charge in [-0.2, -0.15) is 0 Å². The van der Waals surface area contributed by atoms with Crippen LogP contribution in [0.25, 0.3) is 0 Å². The Bertz CT molecular complexity index is 821. The molecule has 0 unspecified atom stereocenters. The summed E-state index contributed by atoms with van der Waals surface area (Å²) in [6.07, 6.45) is 2.88. The smallest absolute Gasteiger partial charge is 0.263 e. The van der Waals surface area contributed by atoms with Crippen LogP contribution >= 0.6 is 0 Å². The minimum Gasteiger partial charge on any atom is -0.474 e. The largest absolute Gasteiger partial charge is 0.474 e. The van der Waals surface area contributed by atoms with E-state index in [1.54, 1.807) is 24.3 Å². The fourth-order valence-electron chi connectivity index (χ4n) is 2.50. The summed E-state index contributed by atoms with van der Waals surface area (Å²) in [4.78, 5) is 10.5. The first-order valence-electron chi connectivity index (χ1n) is 8.38. The third-order valence-corrected chi connectivity index (χ3v) is 5.33. The van der Waals surface area contributed by atoms with E-state index in [1.807, 2.05) is 6.92 Å². The van der Waals surface area contributed by atoms with E-state index in [0.717, 1.165) is 18.7 Å². The van der Waals surface area contributed by atoms with E-state index < -0.39 is 10.0 Å². The Labute approximate surface area is 153 Å². The van der Waals surface area contributed by atoms with E-state index in [0.29, 0.717) is 26.4 Å². The van der Waals surface area contributed by atoms with Gasteiger partial charge in [0.1, 0.15) is 6.61 Å². The summed E-state index contributed by atoms with van der Waals surface area (Å²) in [5.74, 6) is 0.242. The molecule has 140 valence electrons. The zero-order valence-electron chi connectivity index (χ0n) is 14.6. The summed E-state index contributed by atoms with van der Waals surface area (Å²) < 4.78 is 38.5. The zero-order valence-corrected chi connectivity index (χ0v) is 15.4. The lowest BCUT2D eigenvalue weighted by Crippen LogP contribution is -2.38. The molecule has 2 heterocycles. The monoisotopic (exact) mass is 378 g/mol. The molecule has 0 atom stereocenters. The maximum atomic E-state index is 12.5. The molecule has 26 heavy (non-hydrogen) atoms. The van der Waals surface area contributed by atoms with Crippen LogP contribution in [-0.4, -0.2) is 62.7 Å². The highest BCUT2D eigenvalue weighted by Crippen LogP contribution is 2.22. The summed E-state index contributed by atoms with van der Waals surface area (Å²) in [5.41, 5.74) is 0.982. The Morgan fingerprint density at radius 1 is 1.15 bits per heavy atom. The number of anilines is 1. The molecule has 1 aromatic heterocycles. The third kappa shape index (κ3) is 4.90. The van der Waals surface area contributed by atoms with Crippen molar-refractivity contribution in [1.29, 1.82) is 0 Å². The van der Waals surface area contributed by atoms with Gasteiger partial charge in [-0.1, -0.05) is 17.7 Å². The highest BCUT2D eigenvalue weighted by Gasteiger charge is 2.18. The number of benzene rings is 1. The van der Waals surface area contributed by atoms with Crippen LogP contribution < -0.4 is 9.46 Å². The minimum absolute atomic E-state index is 0.0788. The lowest BCUT2D eigenvalue weighted by atomic mass is 10.2. The van der Waals surface area contributed by atoms with E-state index in [-0.39, 0.29) is 16.6 Å². The average Bonchev–Trinajstić information content (AvgIpc) is 2.64. The molecular formula is C17H22N4O4S. The predicted molar refractivity (Wildman–Crippen MR) is 96.8 cm³/mol. The molecule has 1 aliphatic rings. The summed E-state index contributed by atoms with van der Waals surface area (Å²) in [7, 11) is -3.76. The SMILES string of the molecule is Cc1ccc(S(=O)(=O)Nc2nccnc2OCCN2CCOCC2)cc1. The van der Waals surface area contributed by atoms with Crippen molar-refractivity contribution >= 4 is 15.8 Å². The predicted octanol–water partition coefficient (Wildman–Crippen LogP) is 1.30. The zero-order chi connectivity index (χ0) is 18.4. The van der Waals surface area contributed by atoms with Crippen LogP contribution in [0.4, 0.5) is 5.82 Å². The normalized spacial score (nSPS) is 15.6. The lowest BCUT2D eigenvalue weighted by molar-refractivity contribution is 0.0320. The van der Waals surface area contributed by atoms with Crippen molar-refractivity contribution in [2.45, 2.75) is 11.8 Å². The van der Waals surface area contributed by atoms with Crippen LogP contribution in [0.15, 0.2) is 41.6 Å². The van der Waals surface area contributed by atoms with E-state index in [9.17, 15) is 8.42 Å². The van der Waals surface area contributed by atoms with E-state index >= 15 is 0 Å². The summed E-state index contributed by atoms with van der Waals surface area (Å²) in [6, 6.07) is 6.58. The first-order chi connectivity index (χ1) is 12.5. The van der Waals surface area contributed by atoms with Crippen LogP contribution in [0.5, 0.6) is 5.88 Å². The van der Waals surface area contributed by atoms with Crippen LogP contribution in [0.3, 0.4) is 0 Å². The molecule has 1 N–H and O–H groups in total. The van der Waals surface area contributed by atoms with Crippen molar-refractivity contribution in [1.82, 2.24) is 14.9 Å². The van der Waals surface area contributed by atoms with Crippen molar-refractivity contribution in [2.75, 3.05) is 44.2 Å². The molecule has 1 aliphatic heterocycles. The highest BCUT2D eigenvalue weighted by atomic mass is 32.2. The van der Waals surface area contributed by atoms with E-state index in [2.05, 4.69) is 19.6 Å². The molecule has 1 saturated heterocycles. The molecular weight excluding hydrogens is 356 g/mol. The molecule has 2 aromatic rings. The summed E-state index contributed by atoms with van der Waals surface area (Å²) in [6.45, 7) is 6.14.